The van der Waals surface area contributed by atoms with Crippen LogP contribution >= 0.6 is 0 Å². The Morgan fingerprint density at radius 3 is 2.65 bits per heavy atom. The lowest BCUT2D eigenvalue weighted by Crippen LogP contribution is -2.28. The highest BCUT2D eigenvalue weighted by atomic mass is 16.4. The van der Waals surface area contributed by atoms with Crippen molar-refractivity contribution in [1.29, 1.82) is 0 Å². The van der Waals surface area contributed by atoms with E-state index in [1.807, 2.05) is 6.92 Å². The van der Waals surface area contributed by atoms with E-state index in [0.717, 1.165) is 6.42 Å². The van der Waals surface area contributed by atoms with Gasteiger partial charge in [-0.15, -0.1) is 0 Å². The molecule has 1 fully saturated rings. The maximum Gasteiger partial charge on any atom is 0.303 e. The molecule has 2 atom stereocenters. The monoisotopic (exact) mass is 318 g/mol. The third-order valence-corrected chi connectivity index (χ3v) is 4.05. The van der Waals surface area contributed by atoms with E-state index in [9.17, 15) is 14.4 Å². The first-order valence-corrected chi connectivity index (χ1v) is 7.76. The number of amides is 2. The fourth-order valence-electron chi connectivity index (χ4n) is 2.44. The summed E-state index contributed by atoms with van der Waals surface area (Å²) in [5, 5.41) is 11.5. The van der Waals surface area contributed by atoms with Crippen LogP contribution in [-0.4, -0.2) is 41.4 Å². The van der Waals surface area contributed by atoms with E-state index >= 15 is 0 Å². The summed E-state index contributed by atoms with van der Waals surface area (Å²) in [7, 11) is 1.64. The fraction of sp³-hybridized carbons (Fsp3) is 0.471. The smallest absolute Gasteiger partial charge is 0.303 e. The van der Waals surface area contributed by atoms with Crippen LogP contribution in [0, 0.1) is 11.8 Å². The summed E-state index contributed by atoms with van der Waals surface area (Å²) in [6.45, 7) is 2.41. The molecule has 0 saturated heterocycles. The van der Waals surface area contributed by atoms with Crippen molar-refractivity contribution in [3.63, 3.8) is 0 Å². The number of hydrogen-bond acceptors (Lipinski definition) is 3. The lowest BCUT2D eigenvalue weighted by atomic mass is 10.1. The lowest BCUT2D eigenvalue weighted by molar-refractivity contribution is -0.137. The summed E-state index contributed by atoms with van der Waals surface area (Å²) < 4.78 is 0. The molecule has 2 N–H and O–H groups in total. The number of hydrogen-bond donors (Lipinski definition) is 2. The van der Waals surface area contributed by atoms with Gasteiger partial charge in [-0.1, -0.05) is 13.0 Å². The van der Waals surface area contributed by atoms with Gasteiger partial charge in [-0.05, 0) is 37.0 Å². The number of carboxylic acids is 1. The molecule has 6 heteroatoms. The Balaban J connectivity index is 1.93. The number of carbonyl (C=O) groups is 3. The third kappa shape index (κ3) is 4.81. The molecule has 2 unspecified atom stereocenters. The van der Waals surface area contributed by atoms with E-state index in [4.69, 9.17) is 5.11 Å². The summed E-state index contributed by atoms with van der Waals surface area (Å²) in [4.78, 5) is 36.3. The number of nitrogens with one attached hydrogen (secondary N) is 1. The summed E-state index contributed by atoms with van der Waals surface area (Å²) >= 11 is 0. The van der Waals surface area contributed by atoms with Gasteiger partial charge in [0.05, 0.1) is 0 Å². The first-order chi connectivity index (χ1) is 10.9. The molecule has 124 valence electrons. The SMILES string of the molecule is CC1CC1C(=O)Nc1cccc(C(=O)N(C)CCCC(=O)O)c1. The van der Waals surface area contributed by atoms with Gasteiger partial charge in [0, 0.05) is 37.2 Å². The molecule has 0 spiro atoms. The maximum absolute atomic E-state index is 12.3. The van der Waals surface area contributed by atoms with Gasteiger partial charge in [0.2, 0.25) is 5.91 Å². The average molecular weight is 318 g/mol. The number of benzene rings is 1. The Labute approximate surface area is 135 Å². The molecule has 6 nitrogen and oxygen atoms in total. The standard InChI is InChI=1S/C17H22N2O4/c1-11-9-14(11)16(22)18-13-6-3-5-12(10-13)17(23)19(2)8-4-7-15(20)21/h3,5-6,10-11,14H,4,7-9H2,1-2H3,(H,18,22)(H,20,21). The fourth-order valence-corrected chi connectivity index (χ4v) is 2.44. The molecule has 0 aromatic heterocycles. The molecule has 1 saturated carbocycles. The predicted octanol–water partition coefficient (Wildman–Crippen LogP) is 2.22. The van der Waals surface area contributed by atoms with Crippen LogP contribution in [0.2, 0.25) is 0 Å². The van der Waals surface area contributed by atoms with Gasteiger partial charge in [0.25, 0.3) is 5.91 Å². The molecule has 0 bridgehead atoms. The van der Waals surface area contributed by atoms with Crippen LogP contribution in [0.3, 0.4) is 0 Å². The number of anilines is 1. The number of carboxylic acid groups (broad SMARTS) is 1. The zero-order valence-electron chi connectivity index (χ0n) is 13.4. The molecule has 23 heavy (non-hydrogen) atoms. The Hall–Kier alpha value is -2.37. The highest BCUT2D eigenvalue weighted by Gasteiger charge is 2.39. The average Bonchev–Trinajstić information content (AvgIpc) is 3.23. The van der Waals surface area contributed by atoms with E-state index in [0.29, 0.717) is 30.1 Å². The van der Waals surface area contributed by atoms with Gasteiger partial charge in [0.1, 0.15) is 0 Å². The van der Waals surface area contributed by atoms with Crippen LogP contribution in [0.1, 0.15) is 36.5 Å². The van der Waals surface area contributed by atoms with Crippen LogP contribution in [0.4, 0.5) is 5.69 Å². The molecule has 1 aliphatic rings. The number of carbonyl (C=O) groups excluding carboxylic acids is 2. The highest BCUT2D eigenvalue weighted by Crippen LogP contribution is 2.38. The largest absolute Gasteiger partial charge is 0.481 e. The van der Waals surface area contributed by atoms with Gasteiger partial charge in [-0.3, -0.25) is 14.4 Å². The third-order valence-electron chi connectivity index (χ3n) is 4.05. The van der Waals surface area contributed by atoms with Gasteiger partial charge < -0.3 is 15.3 Å². The maximum atomic E-state index is 12.3. The van der Waals surface area contributed by atoms with E-state index < -0.39 is 5.97 Å². The van der Waals surface area contributed by atoms with Crippen LogP contribution in [0.25, 0.3) is 0 Å². The quantitative estimate of drug-likeness (QED) is 0.807. The normalized spacial score (nSPS) is 19.0. The second-order valence-electron chi connectivity index (χ2n) is 6.11. The van der Waals surface area contributed by atoms with E-state index in [1.54, 1.807) is 31.3 Å². The zero-order valence-corrected chi connectivity index (χ0v) is 13.4. The molecule has 1 aromatic carbocycles. The molecule has 0 heterocycles. The van der Waals surface area contributed by atoms with Crippen molar-refractivity contribution < 1.29 is 19.5 Å². The summed E-state index contributed by atoms with van der Waals surface area (Å²) in [5.74, 6) is -0.554. The molecule has 1 aromatic rings. The van der Waals surface area contributed by atoms with Gasteiger partial charge in [-0.2, -0.15) is 0 Å². The molecule has 0 radical (unpaired) electrons. The van der Waals surface area contributed by atoms with E-state index in [-0.39, 0.29) is 24.2 Å². The van der Waals surface area contributed by atoms with Crippen molar-refractivity contribution in [2.75, 3.05) is 18.9 Å². The minimum Gasteiger partial charge on any atom is -0.481 e. The summed E-state index contributed by atoms with van der Waals surface area (Å²) in [5.41, 5.74) is 1.09. The Morgan fingerprint density at radius 1 is 1.35 bits per heavy atom. The highest BCUT2D eigenvalue weighted by molar-refractivity contribution is 5.98. The van der Waals surface area contributed by atoms with Crippen LogP contribution < -0.4 is 5.32 Å². The zero-order chi connectivity index (χ0) is 17.0. The van der Waals surface area contributed by atoms with Crippen LogP contribution in [-0.2, 0) is 9.59 Å². The van der Waals surface area contributed by atoms with Gasteiger partial charge in [0.15, 0.2) is 0 Å². The van der Waals surface area contributed by atoms with Crippen molar-refractivity contribution in [3.05, 3.63) is 29.8 Å². The Kier molecular flexibility index (Phi) is 5.36. The first kappa shape index (κ1) is 17.0. The lowest BCUT2D eigenvalue weighted by Gasteiger charge is -2.17. The van der Waals surface area contributed by atoms with Gasteiger partial charge in [-0.25, -0.2) is 0 Å². The van der Waals surface area contributed by atoms with E-state index in [1.165, 1.54) is 4.90 Å². The van der Waals surface area contributed by atoms with Crippen molar-refractivity contribution in [2.45, 2.75) is 26.2 Å². The van der Waals surface area contributed by atoms with Crippen molar-refractivity contribution >= 4 is 23.5 Å². The van der Waals surface area contributed by atoms with Crippen molar-refractivity contribution in [3.8, 4) is 0 Å². The topological polar surface area (TPSA) is 86.7 Å². The number of aliphatic carboxylic acids is 1. The molecule has 1 aliphatic carbocycles. The minimum absolute atomic E-state index is 0.00286. The molecule has 2 amide bonds. The van der Waals surface area contributed by atoms with Crippen molar-refractivity contribution in [1.82, 2.24) is 4.90 Å². The van der Waals surface area contributed by atoms with E-state index in [2.05, 4.69) is 5.32 Å². The molecule has 2 rings (SSSR count). The van der Waals surface area contributed by atoms with Crippen LogP contribution in [0.5, 0.6) is 0 Å². The molecule has 0 aliphatic heterocycles. The Bertz CT molecular complexity index is 614. The molecular weight excluding hydrogens is 296 g/mol. The second kappa shape index (κ2) is 7.26. The van der Waals surface area contributed by atoms with Gasteiger partial charge >= 0.3 is 5.97 Å². The molecular formula is C17H22N2O4. The first-order valence-electron chi connectivity index (χ1n) is 7.76. The number of rotatable bonds is 7. The Morgan fingerprint density at radius 2 is 2.04 bits per heavy atom. The second-order valence-corrected chi connectivity index (χ2v) is 6.11. The predicted molar refractivity (Wildman–Crippen MR) is 86.2 cm³/mol. The number of nitrogens with zero attached hydrogens (tertiary/aromatic N) is 1. The summed E-state index contributed by atoms with van der Waals surface area (Å²) in [6.07, 6.45) is 1.36. The van der Waals surface area contributed by atoms with Crippen LogP contribution in [0.15, 0.2) is 24.3 Å². The minimum atomic E-state index is -0.870. The summed E-state index contributed by atoms with van der Waals surface area (Å²) in [6, 6.07) is 6.82. The van der Waals surface area contributed by atoms with Crippen molar-refractivity contribution in [2.24, 2.45) is 11.8 Å².